The van der Waals surface area contributed by atoms with Gasteiger partial charge < -0.3 is 14.4 Å². The fraction of sp³-hybridized carbons (Fsp3) is 0.143. The maximum absolute atomic E-state index is 12.9. The standard InChI is InChI=1S/C21H17N3O2/c25-21(19-12-20(26-23-19)14-6-2-1-3-7-14)24-11-10-18-16(13-24)15-8-4-5-9-17(15)22-18/h1-9,12,22H,10-11,13H2. The van der Waals surface area contributed by atoms with Gasteiger partial charge in [-0.15, -0.1) is 0 Å². The summed E-state index contributed by atoms with van der Waals surface area (Å²) in [6, 6.07) is 19.6. The zero-order valence-electron chi connectivity index (χ0n) is 14.1. The van der Waals surface area contributed by atoms with Crippen LogP contribution in [0, 0.1) is 0 Å². The van der Waals surface area contributed by atoms with Gasteiger partial charge in [-0.05, 0) is 6.07 Å². The lowest BCUT2D eigenvalue weighted by atomic mass is 10.0. The van der Waals surface area contributed by atoms with Crippen LogP contribution >= 0.6 is 0 Å². The van der Waals surface area contributed by atoms with E-state index >= 15 is 0 Å². The molecule has 1 aliphatic rings. The van der Waals surface area contributed by atoms with Crippen molar-refractivity contribution in [3.8, 4) is 11.3 Å². The minimum atomic E-state index is -0.0909. The lowest BCUT2D eigenvalue weighted by Crippen LogP contribution is -2.35. The first-order valence-corrected chi connectivity index (χ1v) is 8.69. The molecule has 0 radical (unpaired) electrons. The summed E-state index contributed by atoms with van der Waals surface area (Å²) < 4.78 is 5.38. The number of fused-ring (bicyclic) bond motifs is 3. The summed E-state index contributed by atoms with van der Waals surface area (Å²) in [7, 11) is 0. The SMILES string of the molecule is O=C(c1cc(-c2ccccc2)on1)N1CCc2[nH]c3ccccc3c2C1. The van der Waals surface area contributed by atoms with E-state index in [1.165, 1.54) is 16.6 Å². The highest BCUT2D eigenvalue weighted by Gasteiger charge is 2.26. The van der Waals surface area contributed by atoms with Gasteiger partial charge in [-0.2, -0.15) is 0 Å². The summed E-state index contributed by atoms with van der Waals surface area (Å²) in [6.45, 7) is 1.26. The zero-order valence-corrected chi connectivity index (χ0v) is 14.1. The van der Waals surface area contributed by atoms with Crippen LogP contribution in [0.15, 0.2) is 65.2 Å². The van der Waals surface area contributed by atoms with E-state index in [1.807, 2.05) is 47.4 Å². The van der Waals surface area contributed by atoms with Gasteiger partial charge >= 0.3 is 0 Å². The molecule has 0 bridgehead atoms. The molecule has 0 saturated carbocycles. The first-order valence-electron chi connectivity index (χ1n) is 8.69. The van der Waals surface area contributed by atoms with Crippen LogP contribution in [0.5, 0.6) is 0 Å². The molecule has 128 valence electrons. The molecule has 0 unspecified atom stereocenters. The lowest BCUT2D eigenvalue weighted by Gasteiger charge is -2.26. The number of rotatable bonds is 2. The number of H-pyrrole nitrogens is 1. The van der Waals surface area contributed by atoms with Gasteiger partial charge in [-0.3, -0.25) is 4.79 Å². The molecule has 1 aliphatic heterocycles. The molecule has 1 amide bonds. The molecule has 4 aromatic rings. The van der Waals surface area contributed by atoms with Gasteiger partial charge in [0.15, 0.2) is 11.5 Å². The van der Waals surface area contributed by atoms with Crippen LogP contribution in [0.3, 0.4) is 0 Å². The van der Waals surface area contributed by atoms with E-state index in [2.05, 4.69) is 22.3 Å². The summed E-state index contributed by atoms with van der Waals surface area (Å²) >= 11 is 0. The van der Waals surface area contributed by atoms with Gasteiger partial charge in [0.25, 0.3) is 5.91 Å². The van der Waals surface area contributed by atoms with Gasteiger partial charge in [-0.1, -0.05) is 53.7 Å². The van der Waals surface area contributed by atoms with Crippen LogP contribution in [0.2, 0.25) is 0 Å². The van der Waals surface area contributed by atoms with Crippen molar-refractivity contribution in [3.05, 3.63) is 77.6 Å². The molecular weight excluding hydrogens is 326 g/mol. The Bertz CT molecular complexity index is 1090. The van der Waals surface area contributed by atoms with Gasteiger partial charge in [0.05, 0.1) is 0 Å². The number of carbonyl (C=O) groups excluding carboxylic acids is 1. The Morgan fingerprint density at radius 3 is 2.77 bits per heavy atom. The van der Waals surface area contributed by atoms with Crippen molar-refractivity contribution >= 4 is 16.8 Å². The molecule has 2 aromatic heterocycles. The summed E-state index contributed by atoms with van der Waals surface area (Å²) in [5.74, 6) is 0.519. The second-order valence-corrected chi connectivity index (χ2v) is 6.55. The zero-order chi connectivity index (χ0) is 17.5. The number of nitrogens with one attached hydrogen (secondary N) is 1. The molecule has 0 aliphatic carbocycles. The summed E-state index contributed by atoms with van der Waals surface area (Å²) in [5, 5.41) is 5.18. The van der Waals surface area contributed by atoms with E-state index in [9.17, 15) is 4.79 Å². The topological polar surface area (TPSA) is 62.1 Å². The quantitative estimate of drug-likeness (QED) is 0.598. The minimum Gasteiger partial charge on any atom is -0.358 e. The third-order valence-corrected chi connectivity index (χ3v) is 4.96. The summed E-state index contributed by atoms with van der Waals surface area (Å²) in [4.78, 5) is 18.2. The molecule has 0 fully saturated rings. The van der Waals surface area contributed by atoms with E-state index in [0.717, 1.165) is 17.5 Å². The molecule has 0 atom stereocenters. The highest BCUT2D eigenvalue weighted by atomic mass is 16.5. The predicted molar refractivity (Wildman–Crippen MR) is 98.7 cm³/mol. The Kier molecular flexibility index (Phi) is 3.38. The second kappa shape index (κ2) is 5.88. The number of hydrogen-bond donors (Lipinski definition) is 1. The van der Waals surface area contributed by atoms with Gasteiger partial charge in [-0.25, -0.2) is 0 Å². The highest BCUT2D eigenvalue weighted by molar-refractivity contribution is 5.94. The molecule has 0 spiro atoms. The van der Waals surface area contributed by atoms with Crippen LogP contribution in [-0.4, -0.2) is 27.5 Å². The van der Waals surface area contributed by atoms with Crippen LogP contribution in [0.25, 0.3) is 22.2 Å². The van der Waals surface area contributed by atoms with Gasteiger partial charge in [0.1, 0.15) is 0 Å². The molecule has 2 aromatic carbocycles. The smallest absolute Gasteiger partial charge is 0.276 e. The number of carbonyl (C=O) groups is 1. The number of aromatic nitrogens is 2. The van der Waals surface area contributed by atoms with Crippen molar-refractivity contribution in [3.63, 3.8) is 0 Å². The van der Waals surface area contributed by atoms with Crippen molar-refractivity contribution in [2.24, 2.45) is 0 Å². The largest absolute Gasteiger partial charge is 0.358 e. The average molecular weight is 343 g/mol. The van der Waals surface area contributed by atoms with Crippen LogP contribution in [0.4, 0.5) is 0 Å². The molecular formula is C21H17N3O2. The molecule has 5 rings (SSSR count). The third kappa shape index (κ3) is 2.40. The van der Waals surface area contributed by atoms with Gasteiger partial charge in [0.2, 0.25) is 0 Å². The number of hydrogen-bond acceptors (Lipinski definition) is 3. The van der Waals surface area contributed by atoms with E-state index in [0.29, 0.717) is 24.5 Å². The number of amides is 1. The normalized spacial score (nSPS) is 13.8. The monoisotopic (exact) mass is 343 g/mol. The summed E-state index contributed by atoms with van der Waals surface area (Å²) in [6.07, 6.45) is 0.819. The number of nitrogens with zero attached hydrogens (tertiary/aromatic N) is 2. The molecule has 26 heavy (non-hydrogen) atoms. The molecule has 5 nitrogen and oxygen atoms in total. The maximum atomic E-state index is 12.9. The molecule has 1 N–H and O–H groups in total. The average Bonchev–Trinajstić information content (AvgIpc) is 3.33. The first kappa shape index (κ1) is 15.0. The Labute approximate surface area is 150 Å². The predicted octanol–water partition coefficient (Wildman–Crippen LogP) is 4.02. The van der Waals surface area contributed by atoms with E-state index in [-0.39, 0.29) is 5.91 Å². The Hall–Kier alpha value is -3.34. The molecule has 5 heteroatoms. The minimum absolute atomic E-state index is 0.0909. The summed E-state index contributed by atoms with van der Waals surface area (Å²) in [5.41, 5.74) is 4.82. The third-order valence-electron chi connectivity index (χ3n) is 4.96. The lowest BCUT2D eigenvalue weighted by molar-refractivity contribution is 0.0724. The highest BCUT2D eigenvalue weighted by Crippen LogP contribution is 2.28. The van der Waals surface area contributed by atoms with Crippen molar-refractivity contribution in [2.45, 2.75) is 13.0 Å². The fourth-order valence-electron chi connectivity index (χ4n) is 3.62. The maximum Gasteiger partial charge on any atom is 0.276 e. The number of benzene rings is 2. The van der Waals surface area contributed by atoms with Gasteiger partial charge in [0, 0.05) is 53.3 Å². The Balaban J connectivity index is 1.43. The van der Waals surface area contributed by atoms with Crippen molar-refractivity contribution in [1.82, 2.24) is 15.0 Å². The number of aromatic amines is 1. The Morgan fingerprint density at radius 2 is 1.88 bits per heavy atom. The van der Waals surface area contributed by atoms with E-state index in [4.69, 9.17) is 4.52 Å². The van der Waals surface area contributed by atoms with Crippen LogP contribution < -0.4 is 0 Å². The van der Waals surface area contributed by atoms with Crippen molar-refractivity contribution in [2.75, 3.05) is 6.54 Å². The Morgan fingerprint density at radius 1 is 1.08 bits per heavy atom. The van der Waals surface area contributed by atoms with E-state index < -0.39 is 0 Å². The van der Waals surface area contributed by atoms with E-state index in [1.54, 1.807) is 6.07 Å². The van der Waals surface area contributed by atoms with Crippen LogP contribution in [-0.2, 0) is 13.0 Å². The molecule has 3 heterocycles. The van der Waals surface area contributed by atoms with Crippen molar-refractivity contribution in [1.29, 1.82) is 0 Å². The molecule has 0 saturated heterocycles. The van der Waals surface area contributed by atoms with Crippen molar-refractivity contribution < 1.29 is 9.32 Å². The first-order chi connectivity index (χ1) is 12.8. The second-order valence-electron chi connectivity index (χ2n) is 6.55. The fourth-order valence-corrected chi connectivity index (χ4v) is 3.62. The number of para-hydroxylation sites is 1. The van der Waals surface area contributed by atoms with Crippen LogP contribution in [0.1, 0.15) is 21.7 Å².